The molecule has 0 amide bonds. The SMILES string of the molecule is O=c1ccc2ccc3oc4ccccc4c(O)c3c2c1. The molecule has 96 valence electrons. The van der Waals surface area contributed by atoms with Gasteiger partial charge < -0.3 is 9.52 Å². The van der Waals surface area contributed by atoms with Crippen LogP contribution in [0.4, 0.5) is 0 Å². The lowest BCUT2D eigenvalue weighted by Gasteiger charge is -2.08. The molecule has 20 heavy (non-hydrogen) atoms. The van der Waals surface area contributed by atoms with E-state index in [2.05, 4.69) is 0 Å². The summed E-state index contributed by atoms with van der Waals surface area (Å²) in [6, 6.07) is 15.8. The Morgan fingerprint density at radius 3 is 2.55 bits per heavy atom. The van der Waals surface area contributed by atoms with Crippen molar-refractivity contribution in [2.24, 2.45) is 0 Å². The van der Waals surface area contributed by atoms with Crippen molar-refractivity contribution in [2.45, 2.75) is 0 Å². The first-order valence-corrected chi connectivity index (χ1v) is 6.31. The van der Waals surface area contributed by atoms with Gasteiger partial charge in [-0.15, -0.1) is 0 Å². The summed E-state index contributed by atoms with van der Waals surface area (Å²) < 4.78 is 5.81. The molecule has 1 heterocycles. The quantitative estimate of drug-likeness (QED) is 0.387. The van der Waals surface area contributed by atoms with Gasteiger partial charge in [-0.05, 0) is 35.7 Å². The molecule has 0 unspecified atom stereocenters. The first-order valence-electron chi connectivity index (χ1n) is 6.31. The molecular formula is C17H10O3. The molecule has 0 aliphatic heterocycles. The Morgan fingerprint density at radius 1 is 0.850 bits per heavy atom. The van der Waals surface area contributed by atoms with Gasteiger partial charge in [0.15, 0.2) is 5.43 Å². The molecule has 3 heteroatoms. The Kier molecular flexibility index (Phi) is 2.12. The van der Waals surface area contributed by atoms with Gasteiger partial charge in [-0.2, -0.15) is 0 Å². The molecule has 4 aromatic rings. The second kappa shape index (κ2) is 3.84. The Morgan fingerprint density at radius 2 is 1.65 bits per heavy atom. The fourth-order valence-corrected chi connectivity index (χ4v) is 2.61. The van der Waals surface area contributed by atoms with Gasteiger partial charge in [-0.3, -0.25) is 4.79 Å². The number of rotatable bonds is 0. The van der Waals surface area contributed by atoms with Gasteiger partial charge >= 0.3 is 0 Å². The zero-order valence-corrected chi connectivity index (χ0v) is 10.5. The molecule has 0 spiro atoms. The van der Waals surface area contributed by atoms with E-state index in [0.29, 0.717) is 27.3 Å². The van der Waals surface area contributed by atoms with Crippen molar-refractivity contribution in [3.63, 3.8) is 0 Å². The first-order chi connectivity index (χ1) is 9.74. The fraction of sp³-hybridized carbons (Fsp3) is 0. The van der Waals surface area contributed by atoms with Crippen LogP contribution in [-0.2, 0) is 0 Å². The summed E-state index contributed by atoms with van der Waals surface area (Å²) in [4.78, 5) is 11.6. The lowest BCUT2D eigenvalue weighted by molar-refractivity contribution is 0.485. The molecule has 4 rings (SSSR count). The summed E-state index contributed by atoms with van der Waals surface area (Å²) in [5, 5.41) is 13.4. The Bertz CT molecular complexity index is 1030. The van der Waals surface area contributed by atoms with Crippen molar-refractivity contribution < 1.29 is 9.52 Å². The van der Waals surface area contributed by atoms with Gasteiger partial charge in [0.05, 0.1) is 10.8 Å². The van der Waals surface area contributed by atoms with Crippen LogP contribution in [0.1, 0.15) is 0 Å². The second-order valence-corrected chi connectivity index (χ2v) is 4.77. The van der Waals surface area contributed by atoms with E-state index in [1.54, 1.807) is 12.1 Å². The highest BCUT2D eigenvalue weighted by molar-refractivity contribution is 6.12. The molecule has 3 aromatic carbocycles. The minimum atomic E-state index is -0.0856. The van der Waals surface area contributed by atoms with Gasteiger partial charge in [0.1, 0.15) is 16.9 Å². The van der Waals surface area contributed by atoms with Crippen LogP contribution in [-0.4, -0.2) is 5.11 Å². The van der Waals surface area contributed by atoms with Crippen molar-refractivity contribution >= 4 is 32.7 Å². The maximum Gasteiger partial charge on any atom is 0.179 e. The van der Waals surface area contributed by atoms with Gasteiger partial charge in [0.2, 0.25) is 0 Å². The first kappa shape index (κ1) is 11.1. The molecule has 0 saturated heterocycles. The van der Waals surface area contributed by atoms with E-state index in [9.17, 15) is 9.90 Å². The largest absolute Gasteiger partial charge is 0.506 e. The molecule has 3 nitrogen and oxygen atoms in total. The van der Waals surface area contributed by atoms with Gasteiger partial charge in [-0.25, -0.2) is 0 Å². The number of fused-ring (bicyclic) bond motifs is 4. The molecule has 1 aromatic heterocycles. The van der Waals surface area contributed by atoms with Crippen LogP contribution in [0.25, 0.3) is 32.7 Å². The van der Waals surface area contributed by atoms with Crippen LogP contribution < -0.4 is 5.43 Å². The summed E-state index contributed by atoms with van der Waals surface area (Å²) in [6.07, 6.45) is 0. The summed E-state index contributed by atoms with van der Waals surface area (Å²) in [6.45, 7) is 0. The highest BCUT2D eigenvalue weighted by Crippen LogP contribution is 2.37. The minimum Gasteiger partial charge on any atom is -0.506 e. The number of benzene rings is 3. The highest BCUT2D eigenvalue weighted by Gasteiger charge is 2.11. The standard InChI is InChI=1S/C17H10O3/c18-11-7-5-10-6-8-15-16(13(10)9-11)17(19)12-3-1-2-4-14(12)20-15/h1-9,19H. The maximum atomic E-state index is 11.6. The van der Waals surface area contributed by atoms with Crippen molar-refractivity contribution in [3.8, 4) is 5.75 Å². The lowest BCUT2D eigenvalue weighted by atomic mass is 10.0. The molecule has 1 N–H and O–H groups in total. The van der Waals surface area contributed by atoms with Crippen LogP contribution in [0.2, 0.25) is 0 Å². The maximum absolute atomic E-state index is 11.6. The van der Waals surface area contributed by atoms with Gasteiger partial charge in [0, 0.05) is 5.39 Å². The van der Waals surface area contributed by atoms with Crippen molar-refractivity contribution in [3.05, 3.63) is 64.8 Å². The molecule has 0 aliphatic carbocycles. The average Bonchev–Trinajstić information content (AvgIpc) is 2.47. The van der Waals surface area contributed by atoms with E-state index in [0.717, 1.165) is 5.39 Å². The lowest BCUT2D eigenvalue weighted by Crippen LogP contribution is -1.94. The minimum absolute atomic E-state index is 0.0856. The monoisotopic (exact) mass is 262 g/mol. The van der Waals surface area contributed by atoms with E-state index in [-0.39, 0.29) is 11.2 Å². The summed E-state index contributed by atoms with van der Waals surface area (Å²) >= 11 is 0. The average molecular weight is 262 g/mol. The predicted octanol–water partition coefficient (Wildman–Crippen LogP) is 3.81. The van der Waals surface area contributed by atoms with Crippen molar-refractivity contribution in [2.75, 3.05) is 0 Å². The Labute approximate surface area is 113 Å². The van der Waals surface area contributed by atoms with E-state index in [1.807, 2.05) is 30.3 Å². The predicted molar refractivity (Wildman–Crippen MR) is 79.2 cm³/mol. The van der Waals surface area contributed by atoms with Crippen molar-refractivity contribution in [1.29, 1.82) is 0 Å². The van der Waals surface area contributed by atoms with Gasteiger partial charge in [-0.1, -0.05) is 24.3 Å². The Balaban J connectivity index is 2.35. The third-order valence-electron chi connectivity index (χ3n) is 3.55. The van der Waals surface area contributed by atoms with Crippen LogP contribution in [0, 0.1) is 0 Å². The van der Waals surface area contributed by atoms with Crippen LogP contribution >= 0.6 is 0 Å². The van der Waals surface area contributed by atoms with E-state index < -0.39 is 0 Å². The third kappa shape index (κ3) is 1.43. The Hall–Kier alpha value is -2.81. The zero-order chi connectivity index (χ0) is 13.7. The van der Waals surface area contributed by atoms with Crippen molar-refractivity contribution in [1.82, 2.24) is 0 Å². The normalized spacial score (nSPS) is 11.4. The molecule has 0 fully saturated rings. The number of hydrogen-bond donors (Lipinski definition) is 1. The third-order valence-corrected chi connectivity index (χ3v) is 3.55. The highest BCUT2D eigenvalue weighted by atomic mass is 16.3. The molecule has 0 bridgehead atoms. The number of hydrogen-bond acceptors (Lipinski definition) is 3. The second-order valence-electron chi connectivity index (χ2n) is 4.77. The molecule has 0 saturated carbocycles. The van der Waals surface area contributed by atoms with Crippen LogP contribution in [0.5, 0.6) is 5.75 Å². The molecule has 0 aliphatic rings. The molecule has 0 radical (unpaired) electrons. The van der Waals surface area contributed by atoms with Crippen LogP contribution in [0.3, 0.4) is 0 Å². The fourth-order valence-electron chi connectivity index (χ4n) is 2.61. The molecular weight excluding hydrogens is 252 g/mol. The summed E-state index contributed by atoms with van der Waals surface area (Å²) in [5.74, 6) is 0.151. The smallest absolute Gasteiger partial charge is 0.179 e. The van der Waals surface area contributed by atoms with Gasteiger partial charge in [0.25, 0.3) is 0 Å². The number of aromatic hydroxyl groups is 1. The van der Waals surface area contributed by atoms with E-state index >= 15 is 0 Å². The summed E-state index contributed by atoms with van der Waals surface area (Å²) in [7, 11) is 0. The number of para-hydroxylation sites is 1. The van der Waals surface area contributed by atoms with E-state index in [1.165, 1.54) is 12.1 Å². The topological polar surface area (TPSA) is 50.4 Å². The van der Waals surface area contributed by atoms with Crippen LogP contribution in [0.15, 0.2) is 63.8 Å². The summed E-state index contributed by atoms with van der Waals surface area (Å²) in [5.41, 5.74) is 1.10. The molecule has 0 atom stereocenters. The zero-order valence-electron chi connectivity index (χ0n) is 10.5. The van der Waals surface area contributed by atoms with E-state index in [4.69, 9.17) is 4.42 Å².